The molecular weight excluding hydrogens is 304 g/mol. The number of urea groups is 1. The number of hydrogen-bond donors (Lipinski definition) is 2. The fourth-order valence-corrected chi connectivity index (χ4v) is 2.40. The molecule has 2 aromatic rings. The Hall–Kier alpha value is -2.82. The zero-order valence-corrected chi connectivity index (χ0v) is 14.3. The molecule has 2 rings (SSSR count). The monoisotopic (exact) mass is 326 g/mol. The molecule has 126 valence electrons. The Bertz CT molecular complexity index is 748. The standard InChI is InChI=1S/C19H22N2O3/c1-19(2,3)14-10-6-8-12-16(14)21-18(23)20-15-11-7-5-9-13(15)17(22)24-4/h5-12H,1-4H3,(H2,20,21,23). The molecule has 0 spiro atoms. The third kappa shape index (κ3) is 4.13. The summed E-state index contributed by atoms with van der Waals surface area (Å²) < 4.78 is 4.73. The maximum Gasteiger partial charge on any atom is 0.339 e. The average Bonchev–Trinajstić information content (AvgIpc) is 2.54. The van der Waals surface area contributed by atoms with Gasteiger partial charge in [-0.25, -0.2) is 9.59 Å². The van der Waals surface area contributed by atoms with E-state index in [1.807, 2.05) is 24.3 Å². The molecule has 2 aromatic carbocycles. The number of carbonyl (C=O) groups is 2. The van der Waals surface area contributed by atoms with Crippen LogP contribution in [0.2, 0.25) is 0 Å². The molecule has 0 aromatic heterocycles. The largest absolute Gasteiger partial charge is 0.465 e. The van der Waals surface area contributed by atoms with Crippen molar-refractivity contribution in [1.29, 1.82) is 0 Å². The van der Waals surface area contributed by atoms with Crippen molar-refractivity contribution >= 4 is 23.4 Å². The molecule has 0 aliphatic rings. The van der Waals surface area contributed by atoms with E-state index < -0.39 is 12.0 Å². The first-order valence-corrected chi connectivity index (χ1v) is 7.68. The summed E-state index contributed by atoms with van der Waals surface area (Å²) in [6, 6.07) is 13.9. The van der Waals surface area contributed by atoms with E-state index in [-0.39, 0.29) is 5.41 Å². The molecule has 0 atom stereocenters. The number of para-hydroxylation sites is 2. The molecule has 0 fully saturated rings. The van der Waals surface area contributed by atoms with Crippen LogP contribution in [-0.4, -0.2) is 19.1 Å². The lowest BCUT2D eigenvalue weighted by molar-refractivity contribution is 0.0602. The average molecular weight is 326 g/mol. The maximum absolute atomic E-state index is 12.3. The van der Waals surface area contributed by atoms with Gasteiger partial charge >= 0.3 is 12.0 Å². The highest BCUT2D eigenvalue weighted by Gasteiger charge is 2.19. The zero-order chi connectivity index (χ0) is 17.7. The molecule has 2 N–H and O–H groups in total. The molecule has 0 aliphatic carbocycles. The predicted octanol–water partition coefficient (Wildman–Crippen LogP) is 4.41. The summed E-state index contributed by atoms with van der Waals surface area (Å²) in [6.07, 6.45) is 0. The predicted molar refractivity (Wildman–Crippen MR) is 95.6 cm³/mol. The van der Waals surface area contributed by atoms with Gasteiger partial charge in [-0.3, -0.25) is 0 Å². The molecule has 0 radical (unpaired) electrons. The molecule has 24 heavy (non-hydrogen) atoms. The highest BCUT2D eigenvalue weighted by atomic mass is 16.5. The van der Waals surface area contributed by atoms with Crippen LogP contribution in [0.4, 0.5) is 16.2 Å². The molecular formula is C19H22N2O3. The summed E-state index contributed by atoms with van der Waals surface area (Å²) in [7, 11) is 1.30. The Morgan fingerprint density at radius 3 is 2.04 bits per heavy atom. The van der Waals surface area contributed by atoms with Crippen molar-refractivity contribution in [3.05, 3.63) is 59.7 Å². The number of hydrogen-bond acceptors (Lipinski definition) is 3. The number of anilines is 2. The van der Waals surface area contributed by atoms with Crippen LogP contribution in [0.25, 0.3) is 0 Å². The van der Waals surface area contributed by atoms with Gasteiger partial charge in [0.25, 0.3) is 0 Å². The topological polar surface area (TPSA) is 67.4 Å². The van der Waals surface area contributed by atoms with Gasteiger partial charge in [-0.1, -0.05) is 51.1 Å². The lowest BCUT2D eigenvalue weighted by atomic mass is 9.86. The Balaban J connectivity index is 2.20. The summed E-state index contributed by atoms with van der Waals surface area (Å²) in [5.74, 6) is -0.499. The molecule has 0 bridgehead atoms. The quantitative estimate of drug-likeness (QED) is 0.821. The molecule has 0 saturated carbocycles. The molecule has 2 amide bonds. The lowest BCUT2D eigenvalue weighted by Crippen LogP contribution is -2.23. The van der Waals surface area contributed by atoms with Gasteiger partial charge in [0.2, 0.25) is 0 Å². The smallest absolute Gasteiger partial charge is 0.339 e. The van der Waals surface area contributed by atoms with E-state index in [0.717, 1.165) is 11.3 Å². The van der Waals surface area contributed by atoms with Crippen LogP contribution >= 0.6 is 0 Å². The SMILES string of the molecule is COC(=O)c1ccccc1NC(=O)Nc1ccccc1C(C)(C)C. The van der Waals surface area contributed by atoms with Gasteiger partial charge in [0.15, 0.2) is 0 Å². The van der Waals surface area contributed by atoms with Crippen LogP contribution in [0.15, 0.2) is 48.5 Å². The van der Waals surface area contributed by atoms with Crippen molar-refractivity contribution in [2.75, 3.05) is 17.7 Å². The first-order valence-electron chi connectivity index (χ1n) is 7.68. The van der Waals surface area contributed by atoms with Gasteiger partial charge in [0, 0.05) is 5.69 Å². The van der Waals surface area contributed by atoms with Gasteiger partial charge in [0.1, 0.15) is 0 Å². The van der Waals surface area contributed by atoms with Crippen LogP contribution in [0.1, 0.15) is 36.7 Å². The lowest BCUT2D eigenvalue weighted by Gasteiger charge is -2.23. The number of benzene rings is 2. The Kier molecular flexibility index (Phi) is 5.24. The van der Waals surface area contributed by atoms with E-state index in [9.17, 15) is 9.59 Å². The van der Waals surface area contributed by atoms with Crippen molar-refractivity contribution in [3.8, 4) is 0 Å². The normalized spacial score (nSPS) is 10.8. The summed E-state index contributed by atoms with van der Waals surface area (Å²) in [4.78, 5) is 24.1. The molecule has 0 unspecified atom stereocenters. The second-order valence-electron chi connectivity index (χ2n) is 6.41. The number of nitrogens with one attached hydrogen (secondary N) is 2. The second-order valence-corrected chi connectivity index (χ2v) is 6.41. The number of esters is 1. The molecule has 0 heterocycles. The summed E-state index contributed by atoms with van der Waals surface area (Å²) in [5, 5.41) is 5.55. The first-order chi connectivity index (χ1) is 11.3. The highest BCUT2D eigenvalue weighted by Crippen LogP contribution is 2.29. The summed E-state index contributed by atoms with van der Waals surface area (Å²) in [5.41, 5.74) is 2.36. The Labute approximate surface area is 142 Å². The van der Waals surface area contributed by atoms with E-state index in [1.165, 1.54) is 7.11 Å². The number of carbonyl (C=O) groups excluding carboxylic acids is 2. The molecule has 5 heteroatoms. The van der Waals surface area contributed by atoms with Crippen LogP contribution in [-0.2, 0) is 10.2 Å². The van der Waals surface area contributed by atoms with E-state index in [0.29, 0.717) is 11.3 Å². The van der Waals surface area contributed by atoms with Crippen molar-refractivity contribution in [2.45, 2.75) is 26.2 Å². The van der Waals surface area contributed by atoms with Crippen LogP contribution in [0.3, 0.4) is 0 Å². The Morgan fingerprint density at radius 1 is 0.875 bits per heavy atom. The fourth-order valence-electron chi connectivity index (χ4n) is 2.40. The molecule has 0 saturated heterocycles. The number of rotatable bonds is 3. The van der Waals surface area contributed by atoms with Gasteiger partial charge in [-0.05, 0) is 29.2 Å². The molecule has 0 aliphatic heterocycles. The Morgan fingerprint density at radius 2 is 1.42 bits per heavy atom. The highest BCUT2D eigenvalue weighted by molar-refractivity contribution is 6.05. The van der Waals surface area contributed by atoms with Gasteiger partial charge in [-0.2, -0.15) is 0 Å². The van der Waals surface area contributed by atoms with Crippen LogP contribution < -0.4 is 10.6 Å². The van der Waals surface area contributed by atoms with E-state index >= 15 is 0 Å². The maximum atomic E-state index is 12.3. The van der Waals surface area contributed by atoms with E-state index in [1.54, 1.807) is 24.3 Å². The van der Waals surface area contributed by atoms with E-state index in [4.69, 9.17) is 4.74 Å². The minimum absolute atomic E-state index is 0.103. The zero-order valence-electron chi connectivity index (χ0n) is 14.3. The minimum Gasteiger partial charge on any atom is -0.465 e. The summed E-state index contributed by atoms with van der Waals surface area (Å²) >= 11 is 0. The minimum atomic E-state index is -0.499. The number of ether oxygens (including phenoxy) is 1. The van der Waals surface area contributed by atoms with Crippen molar-refractivity contribution in [2.24, 2.45) is 0 Å². The summed E-state index contributed by atoms with van der Waals surface area (Å²) in [6.45, 7) is 6.24. The van der Waals surface area contributed by atoms with E-state index in [2.05, 4.69) is 31.4 Å². The van der Waals surface area contributed by atoms with Gasteiger partial charge in [0.05, 0.1) is 18.4 Å². The van der Waals surface area contributed by atoms with Gasteiger partial charge in [-0.15, -0.1) is 0 Å². The number of amides is 2. The second kappa shape index (κ2) is 7.17. The third-order valence-corrected chi connectivity index (χ3v) is 3.56. The van der Waals surface area contributed by atoms with Crippen molar-refractivity contribution < 1.29 is 14.3 Å². The van der Waals surface area contributed by atoms with Crippen LogP contribution in [0.5, 0.6) is 0 Å². The van der Waals surface area contributed by atoms with Crippen LogP contribution in [0, 0.1) is 0 Å². The van der Waals surface area contributed by atoms with Crippen molar-refractivity contribution in [3.63, 3.8) is 0 Å². The fraction of sp³-hybridized carbons (Fsp3) is 0.263. The first kappa shape index (κ1) is 17.5. The van der Waals surface area contributed by atoms with Crippen molar-refractivity contribution in [1.82, 2.24) is 0 Å². The van der Waals surface area contributed by atoms with Gasteiger partial charge < -0.3 is 15.4 Å². The number of methoxy groups -OCH3 is 1. The third-order valence-electron chi connectivity index (χ3n) is 3.56. The molecule has 5 nitrogen and oxygen atoms in total.